The molecular formula is C23H19F2NO2. The van der Waals surface area contributed by atoms with Crippen molar-refractivity contribution in [3.05, 3.63) is 102 Å². The molecule has 3 rings (SSSR count). The van der Waals surface area contributed by atoms with Gasteiger partial charge in [-0.15, -0.1) is 0 Å². The van der Waals surface area contributed by atoms with Gasteiger partial charge in [-0.25, -0.2) is 8.78 Å². The summed E-state index contributed by atoms with van der Waals surface area (Å²) in [5, 5.41) is 9.01. The lowest BCUT2D eigenvalue weighted by Crippen LogP contribution is -2.29. The van der Waals surface area contributed by atoms with Crippen molar-refractivity contribution in [1.29, 1.82) is 0 Å². The Morgan fingerprint density at radius 3 is 2.21 bits per heavy atom. The fraction of sp³-hybridized carbons (Fsp3) is 0.0870. The van der Waals surface area contributed by atoms with Gasteiger partial charge in [0.2, 0.25) is 0 Å². The van der Waals surface area contributed by atoms with Crippen molar-refractivity contribution in [2.45, 2.75) is 12.5 Å². The molecule has 0 aliphatic rings. The van der Waals surface area contributed by atoms with Crippen molar-refractivity contribution in [2.24, 2.45) is 5.73 Å². The average Bonchev–Trinajstić information content (AvgIpc) is 2.70. The number of hydrogen-bond acceptors (Lipinski definition) is 2. The minimum Gasteiger partial charge on any atom is -0.480 e. The molecule has 0 aliphatic heterocycles. The zero-order valence-corrected chi connectivity index (χ0v) is 15.0. The van der Waals surface area contributed by atoms with Crippen LogP contribution in [0.1, 0.15) is 17.5 Å². The molecule has 3 N–H and O–H groups in total. The minimum absolute atomic E-state index is 0.0158. The Kier molecular flexibility index (Phi) is 5.96. The first-order valence-electron chi connectivity index (χ1n) is 8.75. The number of benzene rings is 3. The summed E-state index contributed by atoms with van der Waals surface area (Å²) in [5.41, 5.74) is 8.95. The van der Waals surface area contributed by atoms with Crippen LogP contribution in [0.25, 0.3) is 16.7 Å². The molecule has 1 atom stereocenters. The molecule has 3 aromatic rings. The van der Waals surface area contributed by atoms with Crippen LogP contribution in [-0.2, 0) is 4.79 Å². The van der Waals surface area contributed by atoms with Crippen LogP contribution in [-0.4, -0.2) is 17.1 Å². The van der Waals surface area contributed by atoms with E-state index in [0.29, 0.717) is 11.1 Å². The molecule has 0 spiro atoms. The molecule has 0 amide bonds. The van der Waals surface area contributed by atoms with Crippen LogP contribution in [0.5, 0.6) is 0 Å². The van der Waals surface area contributed by atoms with Gasteiger partial charge < -0.3 is 10.8 Å². The van der Waals surface area contributed by atoms with Gasteiger partial charge in [-0.2, -0.15) is 0 Å². The van der Waals surface area contributed by atoms with Crippen molar-refractivity contribution in [3.63, 3.8) is 0 Å². The molecule has 142 valence electrons. The van der Waals surface area contributed by atoms with Gasteiger partial charge in [-0.3, -0.25) is 4.79 Å². The van der Waals surface area contributed by atoms with Crippen LogP contribution < -0.4 is 5.73 Å². The summed E-state index contributed by atoms with van der Waals surface area (Å²) in [5.74, 6) is -2.54. The van der Waals surface area contributed by atoms with Gasteiger partial charge in [0.15, 0.2) is 0 Å². The van der Waals surface area contributed by atoms with Crippen LogP contribution in [0, 0.1) is 11.6 Å². The molecule has 0 aromatic heterocycles. The first-order chi connectivity index (χ1) is 13.5. The van der Waals surface area contributed by atoms with E-state index < -0.39 is 23.6 Å². The van der Waals surface area contributed by atoms with E-state index >= 15 is 0 Å². The zero-order chi connectivity index (χ0) is 20.1. The Bertz CT molecular complexity index is 999. The predicted octanol–water partition coefficient (Wildman–Crippen LogP) is 4.87. The third-order valence-electron chi connectivity index (χ3n) is 4.42. The fourth-order valence-electron chi connectivity index (χ4n) is 2.91. The number of carboxylic acids is 1. The summed E-state index contributed by atoms with van der Waals surface area (Å²) in [7, 11) is 0. The van der Waals surface area contributed by atoms with Crippen LogP contribution >= 0.6 is 0 Å². The number of nitrogens with two attached hydrogens (primary N) is 1. The lowest BCUT2D eigenvalue weighted by Gasteiger charge is -2.12. The van der Waals surface area contributed by atoms with E-state index in [1.165, 1.54) is 12.1 Å². The summed E-state index contributed by atoms with van der Waals surface area (Å²) in [6.07, 6.45) is 1.59. The normalized spacial score (nSPS) is 12.6. The van der Waals surface area contributed by atoms with Gasteiger partial charge in [-0.05, 0) is 40.8 Å². The third kappa shape index (κ3) is 4.50. The highest BCUT2D eigenvalue weighted by Crippen LogP contribution is 2.29. The van der Waals surface area contributed by atoms with E-state index in [0.717, 1.165) is 17.2 Å². The second-order valence-electron chi connectivity index (χ2n) is 6.37. The second-order valence-corrected chi connectivity index (χ2v) is 6.37. The van der Waals surface area contributed by atoms with E-state index in [4.69, 9.17) is 10.8 Å². The topological polar surface area (TPSA) is 63.3 Å². The highest BCUT2D eigenvalue weighted by atomic mass is 19.1. The van der Waals surface area contributed by atoms with Gasteiger partial charge >= 0.3 is 5.97 Å². The van der Waals surface area contributed by atoms with Gasteiger partial charge in [-0.1, -0.05) is 60.7 Å². The van der Waals surface area contributed by atoms with Gasteiger partial charge in [0.25, 0.3) is 0 Å². The van der Waals surface area contributed by atoms with Crippen LogP contribution in [0.4, 0.5) is 8.78 Å². The molecule has 3 aromatic carbocycles. The Morgan fingerprint density at radius 2 is 1.61 bits per heavy atom. The SMILES string of the molecule is NC(C/C=C(/c1ccc(-c2ccccc2)cc1)c1ccc(F)cc1F)C(=O)O. The highest BCUT2D eigenvalue weighted by molar-refractivity contribution is 5.82. The van der Waals surface area contributed by atoms with Crippen LogP contribution in [0.3, 0.4) is 0 Å². The fourth-order valence-corrected chi connectivity index (χ4v) is 2.91. The molecular weight excluding hydrogens is 360 g/mol. The molecule has 0 fully saturated rings. The Labute approximate surface area is 161 Å². The molecule has 28 heavy (non-hydrogen) atoms. The molecule has 0 saturated heterocycles. The number of halogens is 2. The number of rotatable bonds is 6. The molecule has 0 bridgehead atoms. The summed E-state index contributed by atoms with van der Waals surface area (Å²) < 4.78 is 27.7. The van der Waals surface area contributed by atoms with Crippen molar-refractivity contribution < 1.29 is 18.7 Å². The summed E-state index contributed by atoms with van der Waals surface area (Å²) in [6.45, 7) is 0. The molecule has 0 aliphatic carbocycles. The number of hydrogen-bond donors (Lipinski definition) is 2. The Morgan fingerprint density at radius 1 is 0.964 bits per heavy atom. The predicted molar refractivity (Wildman–Crippen MR) is 106 cm³/mol. The maximum Gasteiger partial charge on any atom is 0.320 e. The Balaban J connectivity index is 2.01. The molecule has 3 nitrogen and oxygen atoms in total. The lowest BCUT2D eigenvalue weighted by molar-refractivity contribution is -0.138. The molecule has 0 radical (unpaired) electrons. The van der Waals surface area contributed by atoms with Gasteiger partial charge in [0, 0.05) is 11.6 Å². The summed E-state index contributed by atoms with van der Waals surface area (Å²) in [4.78, 5) is 11.0. The van der Waals surface area contributed by atoms with Crippen LogP contribution in [0.2, 0.25) is 0 Å². The second kappa shape index (κ2) is 8.59. The summed E-state index contributed by atoms with van der Waals surface area (Å²) in [6, 6.07) is 19.4. The minimum atomic E-state index is -1.14. The van der Waals surface area contributed by atoms with E-state index in [1.54, 1.807) is 6.08 Å². The number of aliphatic carboxylic acids is 1. The quantitative estimate of drug-likeness (QED) is 0.643. The Hall–Kier alpha value is -3.31. The number of carboxylic acid groups (broad SMARTS) is 1. The molecule has 1 unspecified atom stereocenters. The third-order valence-corrected chi connectivity index (χ3v) is 4.42. The van der Waals surface area contributed by atoms with E-state index in [1.807, 2.05) is 54.6 Å². The monoisotopic (exact) mass is 379 g/mol. The maximum absolute atomic E-state index is 14.4. The lowest BCUT2D eigenvalue weighted by atomic mass is 9.93. The molecule has 0 heterocycles. The molecule has 0 saturated carbocycles. The van der Waals surface area contributed by atoms with Gasteiger partial charge in [0.05, 0.1) is 0 Å². The van der Waals surface area contributed by atoms with Crippen molar-refractivity contribution >= 4 is 11.5 Å². The van der Waals surface area contributed by atoms with Crippen molar-refractivity contribution in [1.82, 2.24) is 0 Å². The number of carbonyl (C=O) groups is 1. The van der Waals surface area contributed by atoms with Crippen molar-refractivity contribution in [3.8, 4) is 11.1 Å². The highest BCUT2D eigenvalue weighted by Gasteiger charge is 2.15. The average molecular weight is 379 g/mol. The van der Waals surface area contributed by atoms with Gasteiger partial charge in [0.1, 0.15) is 17.7 Å². The first-order valence-corrected chi connectivity index (χ1v) is 8.75. The summed E-state index contributed by atoms with van der Waals surface area (Å²) >= 11 is 0. The maximum atomic E-state index is 14.4. The van der Waals surface area contributed by atoms with E-state index in [9.17, 15) is 13.6 Å². The standard InChI is InChI=1S/C23H19F2NO2/c24-18-10-11-20(21(25)14-18)19(12-13-22(26)23(27)28)17-8-6-16(7-9-17)15-4-2-1-3-5-15/h1-12,14,22H,13,26H2,(H,27,28)/b19-12-. The van der Waals surface area contributed by atoms with Crippen LogP contribution in [0.15, 0.2) is 78.9 Å². The van der Waals surface area contributed by atoms with E-state index in [-0.39, 0.29) is 12.0 Å². The zero-order valence-electron chi connectivity index (χ0n) is 15.0. The largest absolute Gasteiger partial charge is 0.480 e. The molecule has 5 heteroatoms. The van der Waals surface area contributed by atoms with E-state index in [2.05, 4.69) is 0 Å². The smallest absolute Gasteiger partial charge is 0.320 e. The first kappa shape index (κ1) is 19.5. The van der Waals surface area contributed by atoms with Crippen molar-refractivity contribution in [2.75, 3.05) is 0 Å².